The average molecular weight is 329 g/mol. The van der Waals surface area contributed by atoms with Crippen molar-refractivity contribution >= 4 is 11.8 Å². The van der Waals surface area contributed by atoms with Crippen molar-refractivity contribution in [2.45, 2.75) is 25.7 Å². The quantitative estimate of drug-likeness (QED) is 0.882. The normalized spacial score (nSPS) is 29.1. The molecule has 1 aromatic rings. The average Bonchev–Trinajstić information content (AvgIpc) is 3.21. The Morgan fingerprint density at radius 1 is 1.42 bits per heavy atom. The maximum absolute atomic E-state index is 12.5. The molecule has 3 fully saturated rings. The number of carbonyl (C=O) groups is 2. The Labute approximate surface area is 141 Å². The number of amides is 2. The van der Waals surface area contributed by atoms with Crippen LogP contribution >= 0.6 is 0 Å². The number of likely N-dealkylation sites (tertiary alicyclic amines) is 1. The topological polar surface area (TPSA) is 71.5 Å². The Balaban J connectivity index is 1.41. The molecule has 0 bridgehead atoms. The van der Waals surface area contributed by atoms with Crippen LogP contribution in [0.15, 0.2) is 24.4 Å². The van der Waals surface area contributed by atoms with Crippen LogP contribution in [0.25, 0.3) is 0 Å². The van der Waals surface area contributed by atoms with E-state index in [0.29, 0.717) is 44.5 Å². The van der Waals surface area contributed by atoms with E-state index >= 15 is 0 Å². The van der Waals surface area contributed by atoms with E-state index < -0.39 is 5.41 Å². The highest BCUT2D eigenvalue weighted by atomic mass is 16.5. The number of carbonyl (C=O) groups excluding carboxylic acids is 2. The second kappa shape index (κ2) is 6.07. The summed E-state index contributed by atoms with van der Waals surface area (Å²) in [6, 6.07) is 5.54. The van der Waals surface area contributed by atoms with Crippen LogP contribution in [0, 0.1) is 17.3 Å². The highest BCUT2D eigenvalue weighted by Crippen LogP contribution is 2.42. The Bertz CT molecular complexity index is 632. The third kappa shape index (κ3) is 2.85. The van der Waals surface area contributed by atoms with Crippen molar-refractivity contribution in [2.24, 2.45) is 17.3 Å². The molecule has 4 rings (SSSR count). The van der Waals surface area contributed by atoms with Gasteiger partial charge in [-0.3, -0.25) is 9.59 Å². The maximum Gasteiger partial charge on any atom is 0.228 e. The van der Waals surface area contributed by atoms with Crippen LogP contribution in [-0.2, 0) is 9.59 Å². The van der Waals surface area contributed by atoms with Gasteiger partial charge >= 0.3 is 0 Å². The van der Waals surface area contributed by atoms with Gasteiger partial charge in [-0.1, -0.05) is 6.07 Å². The van der Waals surface area contributed by atoms with Crippen molar-refractivity contribution in [3.8, 4) is 5.88 Å². The first-order valence-electron chi connectivity index (χ1n) is 8.77. The van der Waals surface area contributed by atoms with E-state index in [1.165, 1.54) is 12.8 Å². The zero-order chi connectivity index (χ0) is 16.6. The highest BCUT2D eigenvalue weighted by Gasteiger charge is 2.55. The minimum atomic E-state index is -0.492. The summed E-state index contributed by atoms with van der Waals surface area (Å²) in [7, 11) is 0. The van der Waals surface area contributed by atoms with E-state index in [4.69, 9.17) is 4.74 Å². The fourth-order valence-corrected chi connectivity index (χ4v) is 3.87. The largest absolute Gasteiger partial charge is 0.477 e. The van der Waals surface area contributed by atoms with E-state index in [2.05, 4.69) is 10.3 Å². The third-order valence-corrected chi connectivity index (χ3v) is 5.63. The molecule has 1 spiro atoms. The summed E-state index contributed by atoms with van der Waals surface area (Å²) in [5, 5.41) is 2.97. The van der Waals surface area contributed by atoms with Gasteiger partial charge in [-0.15, -0.1) is 0 Å². The molecule has 128 valence electrons. The summed E-state index contributed by atoms with van der Waals surface area (Å²) in [4.78, 5) is 30.9. The lowest BCUT2D eigenvalue weighted by molar-refractivity contribution is -0.132. The number of ether oxygens (including phenoxy) is 1. The van der Waals surface area contributed by atoms with E-state index in [1.807, 2.05) is 23.1 Å². The maximum atomic E-state index is 12.5. The molecule has 1 aromatic heterocycles. The summed E-state index contributed by atoms with van der Waals surface area (Å²) in [5.74, 6) is 1.50. The summed E-state index contributed by atoms with van der Waals surface area (Å²) < 4.78 is 5.79. The molecule has 6 nitrogen and oxygen atoms in total. The van der Waals surface area contributed by atoms with Gasteiger partial charge in [0.2, 0.25) is 17.7 Å². The molecule has 2 amide bonds. The molecule has 2 aliphatic heterocycles. The molecular weight excluding hydrogens is 306 g/mol. The molecule has 2 atom stereocenters. The van der Waals surface area contributed by atoms with Crippen molar-refractivity contribution in [1.29, 1.82) is 0 Å². The van der Waals surface area contributed by atoms with E-state index in [-0.39, 0.29) is 17.7 Å². The number of hydrogen-bond donors (Lipinski definition) is 1. The Kier molecular flexibility index (Phi) is 3.90. The molecule has 1 aliphatic carbocycles. The van der Waals surface area contributed by atoms with Gasteiger partial charge in [-0.05, 0) is 31.2 Å². The van der Waals surface area contributed by atoms with E-state index in [0.717, 1.165) is 6.42 Å². The van der Waals surface area contributed by atoms with Crippen LogP contribution in [0.3, 0.4) is 0 Å². The molecule has 0 unspecified atom stereocenters. The number of aromatic nitrogens is 1. The Hall–Kier alpha value is -2.11. The van der Waals surface area contributed by atoms with Crippen molar-refractivity contribution < 1.29 is 14.3 Å². The van der Waals surface area contributed by atoms with Crippen molar-refractivity contribution in [3.05, 3.63) is 24.4 Å². The molecule has 1 N–H and O–H groups in total. The second-order valence-corrected chi connectivity index (χ2v) is 7.25. The zero-order valence-corrected chi connectivity index (χ0v) is 13.7. The summed E-state index contributed by atoms with van der Waals surface area (Å²) in [6.07, 6.45) is 5.41. The number of nitrogens with one attached hydrogen (secondary N) is 1. The Morgan fingerprint density at radius 2 is 2.29 bits per heavy atom. The van der Waals surface area contributed by atoms with Gasteiger partial charge in [-0.25, -0.2) is 4.98 Å². The minimum absolute atomic E-state index is 0.0684. The van der Waals surface area contributed by atoms with E-state index in [1.54, 1.807) is 6.20 Å². The number of pyridine rings is 1. The van der Waals surface area contributed by atoms with Crippen LogP contribution < -0.4 is 10.1 Å². The molecule has 24 heavy (non-hydrogen) atoms. The number of hydrogen-bond acceptors (Lipinski definition) is 4. The SMILES string of the molecule is O=C(CC1CC1)N1CC[C@]2(C1)C(=O)NC[C@H]2COc1ccccn1. The van der Waals surface area contributed by atoms with E-state index in [9.17, 15) is 9.59 Å². The molecule has 0 aromatic carbocycles. The molecule has 0 radical (unpaired) electrons. The summed E-state index contributed by atoms with van der Waals surface area (Å²) >= 11 is 0. The van der Waals surface area contributed by atoms with Gasteiger partial charge in [-0.2, -0.15) is 0 Å². The lowest BCUT2D eigenvalue weighted by Gasteiger charge is -2.28. The Morgan fingerprint density at radius 3 is 3.04 bits per heavy atom. The molecular formula is C18H23N3O3. The lowest BCUT2D eigenvalue weighted by atomic mass is 9.77. The van der Waals surface area contributed by atoms with Crippen LogP contribution in [0.4, 0.5) is 0 Å². The molecule has 1 saturated carbocycles. The predicted molar refractivity (Wildman–Crippen MR) is 87.2 cm³/mol. The third-order valence-electron chi connectivity index (χ3n) is 5.63. The van der Waals surface area contributed by atoms with Crippen LogP contribution in [0.5, 0.6) is 5.88 Å². The number of rotatable bonds is 5. The highest BCUT2D eigenvalue weighted by molar-refractivity contribution is 5.87. The summed E-state index contributed by atoms with van der Waals surface area (Å²) in [5.41, 5.74) is -0.492. The van der Waals surface area contributed by atoms with Gasteiger partial charge in [0.15, 0.2) is 0 Å². The molecule has 3 heterocycles. The zero-order valence-electron chi connectivity index (χ0n) is 13.7. The number of nitrogens with zero attached hydrogens (tertiary/aromatic N) is 2. The van der Waals surface area contributed by atoms with Crippen LogP contribution in [0.2, 0.25) is 0 Å². The monoisotopic (exact) mass is 329 g/mol. The first kappa shape index (κ1) is 15.4. The van der Waals surface area contributed by atoms with Crippen molar-refractivity contribution in [3.63, 3.8) is 0 Å². The lowest BCUT2D eigenvalue weighted by Crippen LogP contribution is -2.41. The van der Waals surface area contributed by atoms with Crippen molar-refractivity contribution in [2.75, 3.05) is 26.2 Å². The fourth-order valence-electron chi connectivity index (χ4n) is 3.87. The minimum Gasteiger partial charge on any atom is -0.477 e. The fraction of sp³-hybridized carbons (Fsp3) is 0.611. The van der Waals surface area contributed by atoms with Crippen LogP contribution in [-0.4, -0.2) is 47.9 Å². The van der Waals surface area contributed by atoms with Crippen LogP contribution in [0.1, 0.15) is 25.7 Å². The summed E-state index contributed by atoms with van der Waals surface area (Å²) in [6.45, 7) is 2.26. The van der Waals surface area contributed by atoms with Gasteiger partial charge in [0.25, 0.3) is 0 Å². The molecule has 2 saturated heterocycles. The van der Waals surface area contributed by atoms with Gasteiger partial charge in [0.05, 0.1) is 12.0 Å². The second-order valence-electron chi connectivity index (χ2n) is 7.25. The predicted octanol–water partition coefficient (Wildman–Crippen LogP) is 1.23. The van der Waals surface area contributed by atoms with Gasteiger partial charge < -0.3 is 15.0 Å². The van der Waals surface area contributed by atoms with Gasteiger partial charge in [0, 0.05) is 44.2 Å². The molecule has 6 heteroatoms. The smallest absolute Gasteiger partial charge is 0.228 e. The first-order valence-corrected chi connectivity index (χ1v) is 8.77. The van der Waals surface area contributed by atoms with Crippen molar-refractivity contribution in [1.82, 2.24) is 15.2 Å². The van der Waals surface area contributed by atoms with Gasteiger partial charge in [0.1, 0.15) is 0 Å². The first-order chi connectivity index (χ1) is 11.7. The standard InChI is InChI=1S/C18H23N3O3/c22-16(9-13-4-5-13)21-8-6-18(12-21)14(10-20-17(18)23)11-24-15-3-1-2-7-19-15/h1-3,7,13-14H,4-6,8-12H2,(H,20,23)/t14-,18+/m0/s1. The molecule has 3 aliphatic rings.